The first-order valence-corrected chi connectivity index (χ1v) is 7.00. The van der Waals surface area contributed by atoms with Crippen LogP contribution in [0.3, 0.4) is 0 Å². The van der Waals surface area contributed by atoms with Gasteiger partial charge in [-0.1, -0.05) is 6.42 Å². The third kappa shape index (κ3) is 2.07. The Kier molecular flexibility index (Phi) is 3.13. The van der Waals surface area contributed by atoms with E-state index in [0.29, 0.717) is 0 Å². The molecule has 0 bridgehead atoms. The predicted octanol–water partition coefficient (Wildman–Crippen LogP) is 3.99. The molecule has 0 saturated heterocycles. The maximum absolute atomic E-state index is 13.6. The van der Waals surface area contributed by atoms with Gasteiger partial charge in [-0.25, -0.2) is 4.39 Å². The lowest BCUT2D eigenvalue weighted by molar-refractivity contribution is 0.628. The number of hydrogen-bond donors (Lipinski definition) is 1. The number of pyridine rings is 1. The minimum atomic E-state index is -0.201. The first-order valence-electron chi connectivity index (χ1n) is 7.00. The zero-order valence-corrected chi connectivity index (χ0v) is 11.5. The Morgan fingerprint density at radius 2 is 1.95 bits per heavy atom. The number of aryl methyl sites for hydroxylation is 2. The number of anilines is 1. The van der Waals surface area contributed by atoms with Crippen molar-refractivity contribution in [2.24, 2.45) is 0 Å². The van der Waals surface area contributed by atoms with Crippen molar-refractivity contribution >= 4 is 16.6 Å². The Hall–Kier alpha value is -1.64. The average Bonchev–Trinajstić information content (AvgIpc) is 2.60. The highest BCUT2D eigenvalue weighted by atomic mass is 19.1. The van der Waals surface area contributed by atoms with Crippen molar-refractivity contribution in [2.75, 3.05) is 12.4 Å². The van der Waals surface area contributed by atoms with Gasteiger partial charge in [-0.3, -0.25) is 4.98 Å². The van der Waals surface area contributed by atoms with Gasteiger partial charge in [0.05, 0.1) is 5.52 Å². The van der Waals surface area contributed by atoms with Gasteiger partial charge < -0.3 is 5.32 Å². The van der Waals surface area contributed by atoms with Gasteiger partial charge in [-0.05, 0) is 49.8 Å². The van der Waals surface area contributed by atoms with Crippen molar-refractivity contribution in [1.82, 2.24) is 4.98 Å². The Bertz CT molecular complexity index is 634. The van der Waals surface area contributed by atoms with E-state index in [1.807, 2.05) is 14.0 Å². The van der Waals surface area contributed by atoms with E-state index in [0.717, 1.165) is 40.7 Å². The van der Waals surface area contributed by atoms with Crippen LogP contribution in [-0.4, -0.2) is 12.0 Å². The van der Waals surface area contributed by atoms with Crippen LogP contribution in [-0.2, 0) is 12.8 Å². The Balaban J connectivity index is 2.36. The molecule has 19 heavy (non-hydrogen) atoms. The van der Waals surface area contributed by atoms with E-state index in [1.165, 1.54) is 24.8 Å². The molecular weight excluding hydrogens is 239 g/mol. The SMILES string of the molecule is CNc1c2c(nc3cc(F)cc(C)c13)CCCCC2. The molecule has 1 N–H and O–H groups in total. The van der Waals surface area contributed by atoms with Gasteiger partial charge in [0.15, 0.2) is 0 Å². The molecular formula is C16H19FN2. The molecule has 3 heteroatoms. The molecule has 0 unspecified atom stereocenters. The number of fused-ring (bicyclic) bond motifs is 2. The Labute approximate surface area is 113 Å². The fourth-order valence-electron chi connectivity index (χ4n) is 3.17. The average molecular weight is 258 g/mol. The molecule has 0 saturated carbocycles. The standard InChI is InChI=1S/C16H19FN2/c1-10-8-11(17)9-14-15(10)16(18-2)12-6-4-3-5-7-13(12)19-14/h8-9H,3-7H2,1-2H3,(H,18,19). The largest absolute Gasteiger partial charge is 0.387 e. The molecule has 1 aromatic carbocycles. The second-order valence-corrected chi connectivity index (χ2v) is 5.34. The summed E-state index contributed by atoms with van der Waals surface area (Å²) in [5.74, 6) is -0.201. The molecule has 2 nitrogen and oxygen atoms in total. The summed E-state index contributed by atoms with van der Waals surface area (Å²) in [5, 5.41) is 4.40. The van der Waals surface area contributed by atoms with Crippen LogP contribution in [0.25, 0.3) is 10.9 Å². The van der Waals surface area contributed by atoms with Crippen molar-refractivity contribution < 1.29 is 4.39 Å². The number of halogens is 1. The molecule has 1 aromatic heterocycles. The molecule has 1 aliphatic rings. The van der Waals surface area contributed by atoms with Crippen LogP contribution in [0.4, 0.5) is 10.1 Å². The van der Waals surface area contributed by atoms with Crippen molar-refractivity contribution in [3.05, 3.63) is 34.8 Å². The van der Waals surface area contributed by atoms with Gasteiger partial charge in [0.1, 0.15) is 5.82 Å². The molecule has 0 spiro atoms. The van der Waals surface area contributed by atoms with E-state index in [9.17, 15) is 4.39 Å². The molecule has 100 valence electrons. The fourth-order valence-corrected chi connectivity index (χ4v) is 3.17. The van der Waals surface area contributed by atoms with Crippen LogP contribution in [0.2, 0.25) is 0 Å². The number of benzene rings is 1. The predicted molar refractivity (Wildman–Crippen MR) is 77.2 cm³/mol. The van der Waals surface area contributed by atoms with Gasteiger partial charge in [-0.15, -0.1) is 0 Å². The van der Waals surface area contributed by atoms with Crippen molar-refractivity contribution in [2.45, 2.75) is 39.0 Å². The molecule has 0 radical (unpaired) electrons. The fraction of sp³-hybridized carbons (Fsp3) is 0.438. The van der Waals surface area contributed by atoms with E-state index < -0.39 is 0 Å². The lowest BCUT2D eigenvalue weighted by Crippen LogP contribution is -2.04. The summed E-state index contributed by atoms with van der Waals surface area (Å²) in [4.78, 5) is 4.73. The highest BCUT2D eigenvalue weighted by Crippen LogP contribution is 2.34. The van der Waals surface area contributed by atoms with Crippen LogP contribution in [0.15, 0.2) is 12.1 Å². The second kappa shape index (κ2) is 4.80. The Morgan fingerprint density at radius 1 is 1.16 bits per heavy atom. The summed E-state index contributed by atoms with van der Waals surface area (Å²) in [7, 11) is 1.95. The maximum Gasteiger partial charge on any atom is 0.125 e. The summed E-state index contributed by atoms with van der Waals surface area (Å²) in [6, 6.07) is 3.14. The van der Waals surface area contributed by atoms with Crippen LogP contribution in [0, 0.1) is 12.7 Å². The smallest absolute Gasteiger partial charge is 0.125 e. The van der Waals surface area contributed by atoms with Crippen LogP contribution in [0.1, 0.15) is 36.1 Å². The monoisotopic (exact) mass is 258 g/mol. The highest BCUT2D eigenvalue weighted by molar-refractivity contribution is 5.96. The summed E-state index contributed by atoms with van der Waals surface area (Å²) in [6.45, 7) is 1.96. The van der Waals surface area contributed by atoms with Crippen LogP contribution >= 0.6 is 0 Å². The van der Waals surface area contributed by atoms with Gasteiger partial charge >= 0.3 is 0 Å². The molecule has 1 aliphatic carbocycles. The van der Waals surface area contributed by atoms with Gasteiger partial charge in [-0.2, -0.15) is 0 Å². The van der Waals surface area contributed by atoms with Crippen molar-refractivity contribution in [1.29, 1.82) is 0 Å². The summed E-state index contributed by atoms with van der Waals surface area (Å²) < 4.78 is 13.6. The maximum atomic E-state index is 13.6. The van der Waals surface area contributed by atoms with Gasteiger partial charge in [0.25, 0.3) is 0 Å². The van der Waals surface area contributed by atoms with Crippen molar-refractivity contribution in [3.63, 3.8) is 0 Å². The molecule has 0 atom stereocenters. The minimum Gasteiger partial charge on any atom is -0.387 e. The summed E-state index contributed by atoms with van der Waals surface area (Å²) in [5.41, 5.74) is 5.38. The van der Waals surface area contributed by atoms with Crippen LogP contribution < -0.4 is 5.32 Å². The lowest BCUT2D eigenvalue weighted by Gasteiger charge is -2.16. The number of aromatic nitrogens is 1. The molecule has 1 heterocycles. The minimum absolute atomic E-state index is 0.201. The van der Waals surface area contributed by atoms with E-state index in [1.54, 1.807) is 12.1 Å². The highest BCUT2D eigenvalue weighted by Gasteiger charge is 2.18. The van der Waals surface area contributed by atoms with E-state index >= 15 is 0 Å². The first-order chi connectivity index (χ1) is 9.20. The van der Waals surface area contributed by atoms with E-state index in [-0.39, 0.29) is 5.82 Å². The molecule has 2 aromatic rings. The molecule has 3 rings (SSSR count). The van der Waals surface area contributed by atoms with Gasteiger partial charge in [0.2, 0.25) is 0 Å². The lowest BCUT2D eigenvalue weighted by atomic mass is 9.99. The number of hydrogen-bond acceptors (Lipinski definition) is 2. The summed E-state index contributed by atoms with van der Waals surface area (Å²) >= 11 is 0. The number of nitrogens with one attached hydrogen (secondary N) is 1. The van der Waals surface area contributed by atoms with Gasteiger partial charge in [0, 0.05) is 29.9 Å². The molecule has 0 amide bonds. The normalized spacial score (nSPS) is 15.1. The third-order valence-corrected chi connectivity index (χ3v) is 4.03. The molecule has 0 aliphatic heterocycles. The quantitative estimate of drug-likeness (QED) is 0.782. The van der Waals surface area contributed by atoms with Crippen LogP contribution in [0.5, 0.6) is 0 Å². The van der Waals surface area contributed by atoms with E-state index in [2.05, 4.69) is 5.32 Å². The van der Waals surface area contributed by atoms with E-state index in [4.69, 9.17) is 4.98 Å². The topological polar surface area (TPSA) is 24.9 Å². The first kappa shape index (κ1) is 12.4. The van der Waals surface area contributed by atoms with Crippen molar-refractivity contribution in [3.8, 4) is 0 Å². The number of nitrogens with zero attached hydrogens (tertiary/aromatic N) is 1. The second-order valence-electron chi connectivity index (χ2n) is 5.34. The Morgan fingerprint density at radius 3 is 2.74 bits per heavy atom. The number of rotatable bonds is 1. The zero-order chi connectivity index (χ0) is 13.4. The third-order valence-electron chi connectivity index (χ3n) is 4.03. The molecule has 0 fully saturated rings. The summed E-state index contributed by atoms with van der Waals surface area (Å²) in [6.07, 6.45) is 5.74. The zero-order valence-electron chi connectivity index (χ0n) is 11.5.